The summed E-state index contributed by atoms with van der Waals surface area (Å²) in [5, 5.41) is 3.11. The molecule has 3 N–H and O–H groups in total. The van der Waals surface area contributed by atoms with E-state index in [9.17, 15) is 4.79 Å². The molecule has 0 saturated heterocycles. The molecule has 0 bridgehead atoms. The van der Waals surface area contributed by atoms with Crippen molar-refractivity contribution in [2.24, 2.45) is 23.0 Å². The van der Waals surface area contributed by atoms with E-state index in [1.807, 2.05) is 0 Å². The summed E-state index contributed by atoms with van der Waals surface area (Å²) in [6, 6.07) is 0.295. The van der Waals surface area contributed by atoms with Gasteiger partial charge in [-0.25, -0.2) is 0 Å². The van der Waals surface area contributed by atoms with Crippen LogP contribution in [-0.2, 0) is 4.79 Å². The molecule has 0 aliphatic heterocycles. The molecule has 3 nitrogen and oxygen atoms in total. The van der Waals surface area contributed by atoms with Crippen LogP contribution in [0, 0.1) is 17.3 Å². The molecule has 1 saturated carbocycles. The Balaban J connectivity index is 2.36. The molecule has 100 valence electrons. The topological polar surface area (TPSA) is 55.1 Å². The van der Waals surface area contributed by atoms with Crippen molar-refractivity contribution in [3.8, 4) is 0 Å². The second kappa shape index (κ2) is 5.85. The highest BCUT2D eigenvalue weighted by Gasteiger charge is 2.27. The van der Waals surface area contributed by atoms with Gasteiger partial charge in [0.25, 0.3) is 0 Å². The van der Waals surface area contributed by atoms with Gasteiger partial charge in [-0.2, -0.15) is 0 Å². The number of hydrogen-bond acceptors (Lipinski definition) is 2. The van der Waals surface area contributed by atoms with Crippen molar-refractivity contribution < 1.29 is 4.79 Å². The summed E-state index contributed by atoms with van der Waals surface area (Å²) in [5.41, 5.74) is 5.86. The third kappa shape index (κ3) is 6.06. The van der Waals surface area contributed by atoms with Crippen LogP contribution in [0.4, 0.5) is 0 Å². The molecular formula is C14H28N2O. The van der Waals surface area contributed by atoms with Crippen LogP contribution < -0.4 is 11.1 Å². The second-order valence-corrected chi connectivity index (χ2v) is 6.79. The quantitative estimate of drug-likeness (QED) is 0.748. The Labute approximate surface area is 106 Å². The maximum atomic E-state index is 12.1. The van der Waals surface area contributed by atoms with E-state index in [-0.39, 0.29) is 17.2 Å². The van der Waals surface area contributed by atoms with Crippen LogP contribution in [0.15, 0.2) is 0 Å². The van der Waals surface area contributed by atoms with Crippen molar-refractivity contribution >= 4 is 5.91 Å². The van der Waals surface area contributed by atoms with E-state index in [4.69, 9.17) is 5.73 Å². The highest BCUT2D eigenvalue weighted by Crippen LogP contribution is 2.33. The molecule has 0 aromatic carbocycles. The van der Waals surface area contributed by atoms with Crippen molar-refractivity contribution in [3.05, 3.63) is 0 Å². The SMILES string of the molecule is CC(CC1CC1)NC(=O)C(CN)CC(C)(C)C. The molecule has 2 atom stereocenters. The van der Waals surface area contributed by atoms with Crippen molar-refractivity contribution in [2.45, 2.75) is 59.4 Å². The molecule has 3 heteroatoms. The van der Waals surface area contributed by atoms with E-state index in [2.05, 4.69) is 33.0 Å². The molecule has 0 spiro atoms. The summed E-state index contributed by atoms with van der Waals surface area (Å²) in [6.45, 7) is 8.99. The van der Waals surface area contributed by atoms with Gasteiger partial charge in [0.2, 0.25) is 5.91 Å². The predicted octanol–water partition coefficient (Wildman–Crippen LogP) is 2.30. The van der Waals surface area contributed by atoms with E-state index < -0.39 is 0 Å². The average molecular weight is 240 g/mol. The number of rotatable bonds is 6. The summed E-state index contributed by atoms with van der Waals surface area (Å²) in [6.07, 6.45) is 4.65. The monoisotopic (exact) mass is 240 g/mol. The minimum absolute atomic E-state index is 0.0448. The Bertz CT molecular complexity index is 253. The van der Waals surface area contributed by atoms with Gasteiger partial charge in [0.1, 0.15) is 0 Å². The molecule has 1 fully saturated rings. The summed E-state index contributed by atoms with van der Waals surface area (Å²) >= 11 is 0. The van der Waals surface area contributed by atoms with Crippen LogP contribution in [0.1, 0.15) is 53.4 Å². The Morgan fingerprint density at radius 3 is 2.41 bits per heavy atom. The Morgan fingerprint density at radius 1 is 1.41 bits per heavy atom. The van der Waals surface area contributed by atoms with Crippen molar-refractivity contribution in [2.75, 3.05) is 6.54 Å². The molecule has 17 heavy (non-hydrogen) atoms. The number of hydrogen-bond donors (Lipinski definition) is 2. The van der Waals surface area contributed by atoms with Crippen LogP contribution in [0.2, 0.25) is 0 Å². The summed E-state index contributed by atoms with van der Waals surface area (Å²) in [7, 11) is 0. The normalized spacial score (nSPS) is 19.8. The van der Waals surface area contributed by atoms with Gasteiger partial charge in [-0.3, -0.25) is 4.79 Å². The predicted molar refractivity (Wildman–Crippen MR) is 71.6 cm³/mol. The first-order valence-corrected chi connectivity index (χ1v) is 6.82. The zero-order valence-corrected chi connectivity index (χ0v) is 11.8. The van der Waals surface area contributed by atoms with Crippen LogP contribution in [0.5, 0.6) is 0 Å². The standard InChI is InChI=1S/C14H28N2O/c1-10(7-11-5-6-11)16-13(17)12(9-15)8-14(2,3)4/h10-12H,5-9,15H2,1-4H3,(H,16,17). The number of carbonyl (C=O) groups excluding carboxylic acids is 1. The molecule has 0 radical (unpaired) electrons. The molecule has 0 heterocycles. The van der Waals surface area contributed by atoms with Gasteiger partial charge in [-0.1, -0.05) is 33.6 Å². The van der Waals surface area contributed by atoms with Crippen LogP contribution >= 0.6 is 0 Å². The van der Waals surface area contributed by atoms with Gasteiger partial charge in [0.15, 0.2) is 0 Å². The molecular weight excluding hydrogens is 212 g/mol. The molecule has 1 aliphatic carbocycles. The van der Waals surface area contributed by atoms with Gasteiger partial charge in [-0.05, 0) is 31.1 Å². The second-order valence-electron chi connectivity index (χ2n) is 6.79. The first kappa shape index (κ1) is 14.5. The number of amides is 1. The molecule has 0 aromatic rings. The Morgan fingerprint density at radius 2 is 2.00 bits per heavy atom. The highest BCUT2D eigenvalue weighted by molar-refractivity contribution is 5.79. The molecule has 0 aromatic heterocycles. The van der Waals surface area contributed by atoms with Crippen molar-refractivity contribution in [3.63, 3.8) is 0 Å². The van der Waals surface area contributed by atoms with E-state index >= 15 is 0 Å². The summed E-state index contributed by atoms with van der Waals surface area (Å²) in [5.74, 6) is 0.941. The third-order valence-electron chi connectivity index (χ3n) is 3.29. The maximum Gasteiger partial charge on any atom is 0.224 e. The highest BCUT2D eigenvalue weighted by atomic mass is 16.1. The summed E-state index contributed by atoms with van der Waals surface area (Å²) in [4.78, 5) is 12.1. The lowest BCUT2D eigenvalue weighted by molar-refractivity contribution is -0.126. The largest absolute Gasteiger partial charge is 0.353 e. The van der Waals surface area contributed by atoms with E-state index in [0.29, 0.717) is 12.6 Å². The van der Waals surface area contributed by atoms with E-state index in [0.717, 1.165) is 18.8 Å². The van der Waals surface area contributed by atoms with Crippen LogP contribution in [0.3, 0.4) is 0 Å². The maximum absolute atomic E-state index is 12.1. The Hall–Kier alpha value is -0.570. The van der Waals surface area contributed by atoms with Gasteiger partial charge < -0.3 is 11.1 Å². The van der Waals surface area contributed by atoms with E-state index in [1.165, 1.54) is 12.8 Å². The molecule has 1 aliphatic rings. The number of carbonyl (C=O) groups is 1. The zero-order valence-electron chi connectivity index (χ0n) is 11.8. The smallest absolute Gasteiger partial charge is 0.224 e. The zero-order chi connectivity index (χ0) is 13.1. The lowest BCUT2D eigenvalue weighted by Crippen LogP contribution is -2.41. The van der Waals surface area contributed by atoms with Crippen molar-refractivity contribution in [1.82, 2.24) is 5.32 Å². The lowest BCUT2D eigenvalue weighted by atomic mass is 9.84. The van der Waals surface area contributed by atoms with Gasteiger partial charge in [0, 0.05) is 12.6 Å². The first-order valence-electron chi connectivity index (χ1n) is 6.82. The van der Waals surface area contributed by atoms with Gasteiger partial charge in [0.05, 0.1) is 5.92 Å². The van der Waals surface area contributed by atoms with Crippen molar-refractivity contribution in [1.29, 1.82) is 0 Å². The van der Waals surface area contributed by atoms with Gasteiger partial charge in [-0.15, -0.1) is 0 Å². The van der Waals surface area contributed by atoms with E-state index in [1.54, 1.807) is 0 Å². The first-order chi connectivity index (χ1) is 7.81. The number of nitrogens with one attached hydrogen (secondary N) is 1. The number of nitrogens with two attached hydrogens (primary N) is 1. The molecule has 1 amide bonds. The third-order valence-corrected chi connectivity index (χ3v) is 3.29. The minimum atomic E-state index is -0.0448. The molecule has 2 unspecified atom stereocenters. The minimum Gasteiger partial charge on any atom is -0.353 e. The molecule has 1 rings (SSSR count). The Kier molecular flexibility index (Phi) is 4.99. The van der Waals surface area contributed by atoms with Crippen LogP contribution in [0.25, 0.3) is 0 Å². The summed E-state index contributed by atoms with van der Waals surface area (Å²) < 4.78 is 0. The average Bonchev–Trinajstić information content (AvgIpc) is 2.96. The fraction of sp³-hybridized carbons (Fsp3) is 0.929. The fourth-order valence-electron chi connectivity index (χ4n) is 2.30. The van der Waals surface area contributed by atoms with Crippen LogP contribution in [-0.4, -0.2) is 18.5 Å². The lowest BCUT2D eigenvalue weighted by Gasteiger charge is -2.25. The van der Waals surface area contributed by atoms with Gasteiger partial charge >= 0.3 is 0 Å². The fourth-order valence-corrected chi connectivity index (χ4v) is 2.30.